The first kappa shape index (κ1) is 17.5. The zero-order valence-corrected chi connectivity index (χ0v) is 14.1. The maximum Gasteiger partial charge on any atom is 0.355 e. The lowest BCUT2D eigenvalue weighted by Crippen LogP contribution is -2.23. The third-order valence-corrected chi connectivity index (χ3v) is 3.80. The van der Waals surface area contributed by atoms with Crippen LogP contribution in [0.25, 0.3) is 6.08 Å². The Hall–Kier alpha value is -2.81. The van der Waals surface area contributed by atoms with E-state index in [4.69, 9.17) is 5.11 Å². The van der Waals surface area contributed by atoms with Crippen LogP contribution in [0.5, 0.6) is 0 Å². The van der Waals surface area contributed by atoms with Crippen molar-refractivity contribution in [2.24, 2.45) is 0 Å². The molecule has 0 aromatic carbocycles. The van der Waals surface area contributed by atoms with Crippen LogP contribution in [0, 0.1) is 0 Å². The van der Waals surface area contributed by atoms with Crippen molar-refractivity contribution in [1.82, 2.24) is 20.3 Å². The van der Waals surface area contributed by atoms with E-state index in [1.165, 1.54) is 22.8 Å². The second-order valence-electron chi connectivity index (χ2n) is 5.02. The third-order valence-electron chi connectivity index (χ3n) is 2.89. The van der Waals surface area contributed by atoms with Crippen molar-refractivity contribution in [2.75, 3.05) is 25.5 Å². The molecular weight excluding hydrogens is 330 g/mol. The molecule has 126 valence electrons. The van der Waals surface area contributed by atoms with Gasteiger partial charge in [-0.05, 0) is 6.08 Å². The van der Waals surface area contributed by atoms with E-state index in [0.717, 1.165) is 5.56 Å². The molecule has 0 bridgehead atoms. The first-order valence-electron chi connectivity index (χ1n) is 7.08. The maximum absolute atomic E-state index is 11.7. The largest absolute Gasteiger partial charge is 0.476 e. The highest BCUT2D eigenvalue weighted by Gasteiger charge is 2.08. The molecule has 0 atom stereocenters. The number of thiazole rings is 1. The molecular formula is C15H17N5O3S. The Morgan fingerprint density at radius 2 is 2.04 bits per heavy atom. The van der Waals surface area contributed by atoms with Crippen molar-refractivity contribution in [3.8, 4) is 0 Å². The summed E-state index contributed by atoms with van der Waals surface area (Å²) in [6.07, 6.45) is 6.78. The van der Waals surface area contributed by atoms with Gasteiger partial charge >= 0.3 is 5.97 Å². The summed E-state index contributed by atoms with van der Waals surface area (Å²) in [4.78, 5) is 36.5. The molecule has 2 heterocycles. The molecule has 2 rings (SSSR count). The summed E-state index contributed by atoms with van der Waals surface area (Å²) in [5.41, 5.74) is 0.754. The summed E-state index contributed by atoms with van der Waals surface area (Å²) in [7, 11) is 3.69. The molecule has 0 saturated heterocycles. The molecule has 0 spiro atoms. The minimum atomic E-state index is -1.05. The molecule has 1 amide bonds. The van der Waals surface area contributed by atoms with Crippen LogP contribution in [0.2, 0.25) is 0 Å². The van der Waals surface area contributed by atoms with E-state index in [1.54, 1.807) is 23.4 Å². The van der Waals surface area contributed by atoms with E-state index in [0.29, 0.717) is 23.9 Å². The Morgan fingerprint density at radius 1 is 1.33 bits per heavy atom. The first-order chi connectivity index (χ1) is 11.5. The average molecular weight is 347 g/mol. The minimum Gasteiger partial charge on any atom is -0.476 e. The van der Waals surface area contributed by atoms with Gasteiger partial charge in [-0.25, -0.2) is 19.7 Å². The van der Waals surface area contributed by atoms with Crippen LogP contribution >= 0.6 is 11.3 Å². The van der Waals surface area contributed by atoms with Gasteiger partial charge in [0.1, 0.15) is 0 Å². The van der Waals surface area contributed by atoms with Crippen molar-refractivity contribution < 1.29 is 14.7 Å². The summed E-state index contributed by atoms with van der Waals surface area (Å²) in [5, 5.41) is 13.7. The van der Waals surface area contributed by atoms with E-state index in [2.05, 4.69) is 20.3 Å². The Balaban J connectivity index is 1.78. The molecule has 0 aliphatic heterocycles. The van der Waals surface area contributed by atoms with Crippen molar-refractivity contribution in [3.05, 3.63) is 40.1 Å². The molecule has 0 radical (unpaired) electrons. The molecule has 0 unspecified atom stereocenters. The topological polar surface area (TPSA) is 108 Å². The summed E-state index contributed by atoms with van der Waals surface area (Å²) in [6.45, 7) is 0.381. The lowest BCUT2D eigenvalue weighted by Gasteiger charge is -2.08. The number of carbonyl (C=O) groups excluding carboxylic acids is 1. The number of hydrogen-bond acceptors (Lipinski definition) is 7. The van der Waals surface area contributed by atoms with Gasteiger partial charge in [-0.15, -0.1) is 11.3 Å². The zero-order chi connectivity index (χ0) is 17.5. The van der Waals surface area contributed by atoms with Gasteiger partial charge in [0, 0.05) is 56.5 Å². The number of amides is 1. The first-order valence-corrected chi connectivity index (χ1v) is 7.96. The summed E-state index contributed by atoms with van der Waals surface area (Å²) in [6, 6.07) is 0. The molecule has 2 aromatic rings. The molecule has 0 saturated carbocycles. The number of carboxylic acids is 1. The molecule has 0 aliphatic carbocycles. The number of hydrogen-bond donors (Lipinski definition) is 2. The van der Waals surface area contributed by atoms with Crippen LogP contribution in [0.3, 0.4) is 0 Å². The fraction of sp³-hybridized carbons (Fsp3) is 0.267. The highest BCUT2D eigenvalue weighted by Crippen LogP contribution is 2.10. The van der Waals surface area contributed by atoms with Crippen LogP contribution < -0.4 is 10.2 Å². The van der Waals surface area contributed by atoms with Gasteiger partial charge in [-0.1, -0.05) is 0 Å². The van der Waals surface area contributed by atoms with Crippen LogP contribution in [-0.4, -0.2) is 52.6 Å². The van der Waals surface area contributed by atoms with Crippen LogP contribution in [0.1, 0.15) is 21.1 Å². The lowest BCUT2D eigenvalue weighted by atomic mass is 10.3. The summed E-state index contributed by atoms with van der Waals surface area (Å²) < 4.78 is 0. The number of nitrogens with zero attached hydrogens (tertiary/aromatic N) is 4. The van der Waals surface area contributed by atoms with E-state index in [9.17, 15) is 9.59 Å². The normalized spacial score (nSPS) is 10.8. The van der Waals surface area contributed by atoms with E-state index < -0.39 is 5.97 Å². The molecule has 0 aliphatic rings. The molecule has 0 fully saturated rings. The quantitative estimate of drug-likeness (QED) is 0.721. The van der Waals surface area contributed by atoms with E-state index in [1.807, 2.05) is 14.1 Å². The number of aromatic carboxylic acids is 1. The van der Waals surface area contributed by atoms with Gasteiger partial charge in [0.15, 0.2) is 5.69 Å². The maximum atomic E-state index is 11.7. The SMILES string of the molecule is CN(C)c1ncc(C=CC(=O)NCCc2nc(C(=O)O)cs2)cn1. The van der Waals surface area contributed by atoms with Crippen molar-refractivity contribution >= 4 is 35.2 Å². The lowest BCUT2D eigenvalue weighted by molar-refractivity contribution is -0.116. The van der Waals surface area contributed by atoms with Gasteiger partial charge in [0.25, 0.3) is 0 Å². The second-order valence-corrected chi connectivity index (χ2v) is 5.96. The van der Waals surface area contributed by atoms with Crippen molar-refractivity contribution in [3.63, 3.8) is 0 Å². The summed E-state index contributed by atoms with van der Waals surface area (Å²) >= 11 is 1.26. The Labute approximate surface area is 142 Å². The van der Waals surface area contributed by atoms with E-state index >= 15 is 0 Å². The van der Waals surface area contributed by atoms with Crippen LogP contribution in [0.4, 0.5) is 5.95 Å². The average Bonchev–Trinajstić information content (AvgIpc) is 3.02. The Kier molecular flexibility index (Phi) is 5.96. The second kappa shape index (κ2) is 8.16. The molecule has 9 heteroatoms. The van der Waals surface area contributed by atoms with Gasteiger partial charge in [-0.3, -0.25) is 4.79 Å². The number of carbonyl (C=O) groups is 2. The standard InChI is InChI=1S/C15H17N5O3S/c1-20(2)15-17-7-10(8-18-15)3-4-12(21)16-6-5-13-19-11(9-24-13)14(22)23/h3-4,7-9H,5-6H2,1-2H3,(H,16,21)(H,22,23). The molecule has 8 nitrogen and oxygen atoms in total. The smallest absolute Gasteiger partial charge is 0.355 e. The van der Waals surface area contributed by atoms with Crippen LogP contribution in [0.15, 0.2) is 23.8 Å². The number of nitrogens with one attached hydrogen (secondary N) is 1. The van der Waals surface area contributed by atoms with Crippen LogP contribution in [-0.2, 0) is 11.2 Å². The summed E-state index contributed by atoms with van der Waals surface area (Å²) in [5.74, 6) is -0.700. The molecule has 2 N–H and O–H groups in total. The van der Waals surface area contributed by atoms with Crippen molar-refractivity contribution in [2.45, 2.75) is 6.42 Å². The highest BCUT2D eigenvalue weighted by atomic mass is 32.1. The highest BCUT2D eigenvalue weighted by molar-refractivity contribution is 7.09. The Bertz CT molecular complexity index is 740. The van der Waals surface area contributed by atoms with E-state index in [-0.39, 0.29) is 11.6 Å². The predicted octanol–water partition coefficient (Wildman–Crippen LogP) is 1.07. The van der Waals surface area contributed by atoms with Gasteiger partial charge in [-0.2, -0.15) is 0 Å². The number of carboxylic acid groups (broad SMARTS) is 1. The molecule has 2 aromatic heterocycles. The number of rotatable bonds is 7. The third kappa shape index (κ3) is 5.13. The fourth-order valence-corrected chi connectivity index (χ4v) is 2.47. The minimum absolute atomic E-state index is 0.0300. The number of aromatic nitrogens is 3. The predicted molar refractivity (Wildman–Crippen MR) is 91.2 cm³/mol. The fourth-order valence-electron chi connectivity index (χ4n) is 1.70. The Morgan fingerprint density at radius 3 is 2.62 bits per heavy atom. The van der Waals surface area contributed by atoms with Gasteiger partial charge in [0.05, 0.1) is 5.01 Å². The number of anilines is 1. The molecule has 24 heavy (non-hydrogen) atoms. The van der Waals surface area contributed by atoms with Crippen molar-refractivity contribution in [1.29, 1.82) is 0 Å². The van der Waals surface area contributed by atoms with Gasteiger partial charge < -0.3 is 15.3 Å². The monoisotopic (exact) mass is 347 g/mol. The zero-order valence-electron chi connectivity index (χ0n) is 13.3. The van der Waals surface area contributed by atoms with Gasteiger partial charge in [0.2, 0.25) is 11.9 Å².